The number of hydrogen-bond acceptors (Lipinski definition) is 2. The summed E-state index contributed by atoms with van der Waals surface area (Å²) in [5, 5.41) is 0. The first kappa shape index (κ1) is 14.7. The van der Waals surface area contributed by atoms with Crippen molar-refractivity contribution in [3.05, 3.63) is 29.8 Å². The molecule has 3 heteroatoms. The number of nitrogens with zero attached hydrogens (tertiary/aromatic N) is 1. The Morgan fingerprint density at radius 3 is 2.67 bits per heavy atom. The molecular formula is C15H24N2O. The van der Waals surface area contributed by atoms with Crippen LogP contribution in [0.4, 0.5) is 5.69 Å². The second-order valence-electron chi connectivity index (χ2n) is 4.67. The van der Waals surface area contributed by atoms with Gasteiger partial charge < -0.3 is 10.6 Å². The number of nitrogens with two attached hydrogens (primary N) is 1. The molecule has 2 N–H and O–H groups in total. The molecule has 1 rings (SSSR count). The first-order valence-corrected chi connectivity index (χ1v) is 6.73. The quantitative estimate of drug-likeness (QED) is 0.841. The summed E-state index contributed by atoms with van der Waals surface area (Å²) in [6, 6.07) is 7.59. The third-order valence-electron chi connectivity index (χ3n) is 3.08. The zero-order chi connectivity index (χ0) is 13.5. The van der Waals surface area contributed by atoms with Crippen molar-refractivity contribution in [2.24, 2.45) is 5.73 Å². The third kappa shape index (κ3) is 3.84. The molecule has 0 bridgehead atoms. The molecule has 0 radical (unpaired) electrons. The van der Waals surface area contributed by atoms with Gasteiger partial charge in [0.1, 0.15) is 0 Å². The van der Waals surface area contributed by atoms with Crippen LogP contribution in [0.3, 0.4) is 0 Å². The summed E-state index contributed by atoms with van der Waals surface area (Å²) in [5.74, 6) is 0.0246. The van der Waals surface area contributed by atoms with Gasteiger partial charge in [-0.05, 0) is 38.0 Å². The van der Waals surface area contributed by atoms with Crippen LogP contribution >= 0.6 is 0 Å². The highest BCUT2D eigenvalue weighted by molar-refractivity contribution is 5.97. The number of anilines is 1. The average Bonchev–Trinajstić information content (AvgIpc) is 2.36. The summed E-state index contributed by atoms with van der Waals surface area (Å²) < 4.78 is 0. The molecule has 100 valence electrons. The Hall–Kier alpha value is -1.35. The van der Waals surface area contributed by atoms with Gasteiger partial charge in [0.2, 0.25) is 5.91 Å². The van der Waals surface area contributed by atoms with Gasteiger partial charge in [-0.1, -0.05) is 31.9 Å². The molecule has 0 aliphatic carbocycles. The van der Waals surface area contributed by atoms with Crippen LogP contribution in [0.2, 0.25) is 0 Å². The van der Waals surface area contributed by atoms with Crippen LogP contribution in [0.25, 0.3) is 0 Å². The maximum Gasteiger partial charge on any atom is 0.243 e. The van der Waals surface area contributed by atoms with Crippen LogP contribution in [0, 0.1) is 6.92 Å². The number of hydrogen-bond donors (Lipinski definition) is 1. The highest BCUT2D eigenvalue weighted by Crippen LogP contribution is 2.17. The predicted molar refractivity (Wildman–Crippen MR) is 76.7 cm³/mol. The van der Waals surface area contributed by atoms with Gasteiger partial charge in [-0.25, -0.2) is 0 Å². The number of amides is 1. The van der Waals surface area contributed by atoms with Gasteiger partial charge in [0.15, 0.2) is 0 Å². The second-order valence-corrected chi connectivity index (χ2v) is 4.67. The second kappa shape index (κ2) is 7.17. The van der Waals surface area contributed by atoms with Gasteiger partial charge in [-0.15, -0.1) is 0 Å². The number of carbonyl (C=O) groups excluding carboxylic acids is 1. The zero-order valence-electron chi connectivity index (χ0n) is 11.6. The minimum atomic E-state index is -0.384. The summed E-state index contributed by atoms with van der Waals surface area (Å²) in [7, 11) is 0. The lowest BCUT2D eigenvalue weighted by atomic mass is 10.1. The van der Waals surface area contributed by atoms with Crippen molar-refractivity contribution in [2.45, 2.75) is 46.1 Å². The van der Waals surface area contributed by atoms with Gasteiger partial charge >= 0.3 is 0 Å². The standard InChI is InChI=1S/C15H24N2O/c1-4-6-10-14(16)15(18)17(5-2)13-9-7-8-12(3)11-13/h7-9,11,14H,4-6,10,16H2,1-3H3. The molecule has 1 atom stereocenters. The Bertz CT molecular complexity index is 390. The molecule has 0 fully saturated rings. The van der Waals surface area contributed by atoms with Gasteiger partial charge in [0.25, 0.3) is 0 Å². The topological polar surface area (TPSA) is 46.3 Å². The average molecular weight is 248 g/mol. The molecule has 0 heterocycles. The number of likely N-dealkylation sites (N-methyl/N-ethyl adjacent to an activating group) is 1. The molecule has 1 aromatic carbocycles. The predicted octanol–water partition coefficient (Wildman–Crippen LogP) is 2.87. The van der Waals surface area contributed by atoms with Crippen molar-refractivity contribution in [1.29, 1.82) is 0 Å². The molecular weight excluding hydrogens is 224 g/mol. The fourth-order valence-corrected chi connectivity index (χ4v) is 2.01. The molecule has 0 aliphatic rings. The van der Waals surface area contributed by atoms with Gasteiger partial charge in [0.05, 0.1) is 6.04 Å². The summed E-state index contributed by atoms with van der Waals surface area (Å²) in [6.45, 7) is 6.77. The van der Waals surface area contributed by atoms with E-state index in [0.29, 0.717) is 6.54 Å². The van der Waals surface area contributed by atoms with Crippen molar-refractivity contribution in [3.63, 3.8) is 0 Å². The third-order valence-corrected chi connectivity index (χ3v) is 3.08. The van der Waals surface area contributed by atoms with Crippen LogP contribution in [-0.4, -0.2) is 18.5 Å². The summed E-state index contributed by atoms with van der Waals surface area (Å²) in [4.78, 5) is 14.1. The first-order valence-electron chi connectivity index (χ1n) is 6.73. The van der Waals surface area contributed by atoms with E-state index in [-0.39, 0.29) is 11.9 Å². The fraction of sp³-hybridized carbons (Fsp3) is 0.533. The minimum absolute atomic E-state index is 0.0246. The van der Waals surface area contributed by atoms with E-state index in [1.165, 1.54) is 0 Å². The number of benzene rings is 1. The van der Waals surface area contributed by atoms with Gasteiger partial charge in [-0.3, -0.25) is 4.79 Å². The van der Waals surface area contributed by atoms with Gasteiger partial charge in [0, 0.05) is 12.2 Å². The van der Waals surface area contributed by atoms with Crippen molar-refractivity contribution in [2.75, 3.05) is 11.4 Å². The summed E-state index contributed by atoms with van der Waals surface area (Å²) in [5.41, 5.74) is 8.06. The Labute approximate surface area is 110 Å². The van der Waals surface area contributed by atoms with Crippen LogP contribution < -0.4 is 10.6 Å². The maximum absolute atomic E-state index is 12.3. The van der Waals surface area contributed by atoms with Gasteiger partial charge in [-0.2, -0.15) is 0 Å². The van der Waals surface area contributed by atoms with Crippen LogP contribution in [0.5, 0.6) is 0 Å². The lowest BCUT2D eigenvalue weighted by Crippen LogP contribution is -2.43. The lowest BCUT2D eigenvalue weighted by Gasteiger charge is -2.24. The molecule has 0 saturated carbocycles. The molecule has 1 amide bonds. The highest BCUT2D eigenvalue weighted by atomic mass is 16.2. The molecule has 1 unspecified atom stereocenters. The van der Waals surface area contributed by atoms with E-state index in [4.69, 9.17) is 5.73 Å². The largest absolute Gasteiger partial charge is 0.320 e. The Morgan fingerprint density at radius 1 is 1.39 bits per heavy atom. The van der Waals surface area contributed by atoms with E-state index in [9.17, 15) is 4.79 Å². The smallest absolute Gasteiger partial charge is 0.243 e. The van der Waals surface area contributed by atoms with E-state index < -0.39 is 0 Å². The van der Waals surface area contributed by atoms with Crippen LogP contribution in [0.1, 0.15) is 38.7 Å². The van der Waals surface area contributed by atoms with Crippen molar-refractivity contribution in [1.82, 2.24) is 0 Å². The lowest BCUT2D eigenvalue weighted by molar-refractivity contribution is -0.119. The molecule has 0 spiro atoms. The minimum Gasteiger partial charge on any atom is -0.320 e. The van der Waals surface area contributed by atoms with E-state index in [1.54, 1.807) is 4.90 Å². The van der Waals surface area contributed by atoms with Crippen LogP contribution in [-0.2, 0) is 4.79 Å². The molecule has 18 heavy (non-hydrogen) atoms. The van der Waals surface area contributed by atoms with Crippen molar-refractivity contribution >= 4 is 11.6 Å². The molecule has 0 aliphatic heterocycles. The maximum atomic E-state index is 12.3. The molecule has 0 saturated heterocycles. The van der Waals surface area contributed by atoms with E-state index in [0.717, 1.165) is 30.5 Å². The van der Waals surface area contributed by atoms with E-state index in [2.05, 4.69) is 6.92 Å². The number of aryl methyl sites for hydroxylation is 1. The first-order chi connectivity index (χ1) is 8.60. The molecule has 3 nitrogen and oxygen atoms in total. The summed E-state index contributed by atoms with van der Waals surface area (Å²) in [6.07, 6.45) is 2.83. The monoisotopic (exact) mass is 248 g/mol. The van der Waals surface area contributed by atoms with Crippen molar-refractivity contribution < 1.29 is 4.79 Å². The number of unbranched alkanes of at least 4 members (excludes halogenated alkanes) is 1. The fourth-order valence-electron chi connectivity index (χ4n) is 2.01. The SMILES string of the molecule is CCCCC(N)C(=O)N(CC)c1cccc(C)c1. The molecule has 0 aromatic heterocycles. The summed E-state index contributed by atoms with van der Waals surface area (Å²) >= 11 is 0. The zero-order valence-corrected chi connectivity index (χ0v) is 11.6. The Balaban J connectivity index is 2.79. The number of carbonyl (C=O) groups is 1. The normalized spacial score (nSPS) is 12.2. The van der Waals surface area contributed by atoms with Crippen LogP contribution in [0.15, 0.2) is 24.3 Å². The highest BCUT2D eigenvalue weighted by Gasteiger charge is 2.20. The molecule has 1 aromatic rings. The van der Waals surface area contributed by atoms with E-state index in [1.807, 2.05) is 38.1 Å². The van der Waals surface area contributed by atoms with E-state index >= 15 is 0 Å². The number of rotatable bonds is 6. The Morgan fingerprint density at radius 2 is 2.11 bits per heavy atom. The van der Waals surface area contributed by atoms with Crippen molar-refractivity contribution in [3.8, 4) is 0 Å². The Kier molecular flexibility index (Phi) is 5.86.